The molecule has 3 N–H and O–H groups in total. The number of hydrogen-bond acceptors (Lipinski definition) is 4. The zero-order chi connectivity index (χ0) is 15.9. The number of carbonyl (C=O) groups is 1. The third-order valence-corrected chi connectivity index (χ3v) is 3.94. The summed E-state index contributed by atoms with van der Waals surface area (Å²) in [5.41, 5.74) is 5.85. The summed E-state index contributed by atoms with van der Waals surface area (Å²) >= 11 is 0. The average molecular weight is 295 g/mol. The molecule has 1 unspecified atom stereocenters. The lowest BCUT2D eigenvalue weighted by Gasteiger charge is -2.30. The van der Waals surface area contributed by atoms with Gasteiger partial charge in [-0.15, -0.1) is 10.2 Å². The zero-order valence-electron chi connectivity index (χ0n) is 13.7. The number of nitrogens with two attached hydrogens (primary N) is 1. The Morgan fingerprint density at radius 3 is 2.71 bits per heavy atom. The number of amides is 1. The van der Waals surface area contributed by atoms with Crippen molar-refractivity contribution in [1.82, 2.24) is 20.1 Å². The lowest BCUT2D eigenvalue weighted by Crippen LogP contribution is -2.28. The number of nitrogens with one attached hydrogen (secondary N) is 1. The van der Waals surface area contributed by atoms with Crippen LogP contribution in [-0.2, 0) is 17.9 Å². The van der Waals surface area contributed by atoms with Gasteiger partial charge in [0.2, 0.25) is 5.91 Å². The van der Waals surface area contributed by atoms with Crippen molar-refractivity contribution in [2.24, 2.45) is 17.1 Å². The Hall–Kier alpha value is -1.43. The lowest BCUT2D eigenvalue weighted by atomic mass is 9.76. The second-order valence-corrected chi connectivity index (χ2v) is 6.49. The van der Waals surface area contributed by atoms with Gasteiger partial charge in [-0.3, -0.25) is 4.79 Å². The fraction of sp³-hybridized carbons (Fsp3) is 0.800. The van der Waals surface area contributed by atoms with Crippen LogP contribution in [-0.4, -0.2) is 27.2 Å². The minimum absolute atomic E-state index is 0.0620. The number of aromatic nitrogens is 3. The Balaban J connectivity index is 2.39. The third kappa shape index (κ3) is 5.83. The quantitative estimate of drug-likeness (QED) is 0.764. The van der Waals surface area contributed by atoms with E-state index in [-0.39, 0.29) is 11.3 Å². The van der Waals surface area contributed by atoms with Gasteiger partial charge in [0, 0.05) is 13.0 Å². The average Bonchev–Trinajstić information content (AvgIpc) is 2.87. The molecular formula is C15H29N5O. The molecule has 6 heteroatoms. The topological polar surface area (TPSA) is 85.8 Å². The van der Waals surface area contributed by atoms with Crippen LogP contribution in [0.1, 0.15) is 52.8 Å². The van der Waals surface area contributed by atoms with Crippen molar-refractivity contribution in [2.75, 3.05) is 6.54 Å². The lowest BCUT2D eigenvalue weighted by molar-refractivity contribution is -0.121. The van der Waals surface area contributed by atoms with Crippen molar-refractivity contribution >= 4 is 5.91 Å². The molecule has 0 fully saturated rings. The molecule has 0 saturated carbocycles. The summed E-state index contributed by atoms with van der Waals surface area (Å²) in [5, 5.41) is 10.8. The summed E-state index contributed by atoms with van der Waals surface area (Å²) in [6.07, 6.45) is 4.04. The molecule has 21 heavy (non-hydrogen) atoms. The molecule has 0 aliphatic heterocycles. The maximum absolute atomic E-state index is 12.0. The molecule has 120 valence electrons. The van der Waals surface area contributed by atoms with E-state index < -0.39 is 0 Å². The molecule has 0 aromatic carbocycles. The van der Waals surface area contributed by atoms with E-state index in [0.29, 0.717) is 25.4 Å². The fourth-order valence-corrected chi connectivity index (χ4v) is 2.46. The number of nitrogens with zero attached hydrogens (tertiary/aromatic N) is 3. The molecule has 1 rings (SSSR count). The van der Waals surface area contributed by atoms with E-state index in [1.165, 1.54) is 0 Å². The van der Waals surface area contributed by atoms with Gasteiger partial charge in [0.1, 0.15) is 6.33 Å². The van der Waals surface area contributed by atoms with Crippen molar-refractivity contribution in [1.29, 1.82) is 0 Å². The molecule has 1 heterocycles. The van der Waals surface area contributed by atoms with Gasteiger partial charge in [-0.05, 0) is 37.6 Å². The Morgan fingerprint density at radius 1 is 1.43 bits per heavy atom. The first kappa shape index (κ1) is 17.6. The smallest absolute Gasteiger partial charge is 0.220 e. The molecular weight excluding hydrogens is 266 g/mol. The Morgan fingerprint density at radius 2 is 2.14 bits per heavy atom. The number of hydrogen-bond donors (Lipinski definition) is 2. The predicted molar refractivity (Wildman–Crippen MR) is 83.4 cm³/mol. The van der Waals surface area contributed by atoms with Gasteiger partial charge in [0.05, 0.1) is 6.54 Å². The maximum Gasteiger partial charge on any atom is 0.220 e. The summed E-state index contributed by atoms with van der Waals surface area (Å²) in [4.78, 5) is 12.0. The molecule has 1 atom stereocenters. The monoisotopic (exact) mass is 295 g/mol. The van der Waals surface area contributed by atoms with Crippen molar-refractivity contribution in [3.63, 3.8) is 0 Å². The minimum atomic E-state index is 0.0620. The second kappa shape index (κ2) is 8.12. The molecule has 1 amide bonds. The molecule has 1 aromatic heterocycles. The van der Waals surface area contributed by atoms with Crippen LogP contribution >= 0.6 is 0 Å². The summed E-state index contributed by atoms with van der Waals surface area (Å²) in [5.74, 6) is 1.32. The van der Waals surface area contributed by atoms with E-state index in [1.807, 2.05) is 11.5 Å². The molecule has 0 aliphatic rings. The standard InChI is InChI=1S/C15H29N5O/c1-5-20-11-18-19-13(20)10-17-14(21)7-6-12(8-9-16)15(2,3)4/h11-12H,5-10,16H2,1-4H3,(H,17,21). The van der Waals surface area contributed by atoms with Gasteiger partial charge in [-0.25, -0.2) is 0 Å². The van der Waals surface area contributed by atoms with Crippen LogP contribution in [0.3, 0.4) is 0 Å². The van der Waals surface area contributed by atoms with Gasteiger partial charge in [0.25, 0.3) is 0 Å². The zero-order valence-corrected chi connectivity index (χ0v) is 13.7. The van der Waals surface area contributed by atoms with E-state index in [4.69, 9.17) is 5.73 Å². The molecule has 0 aliphatic carbocycles. The first-order valence-corrected chi connectivity index (χ1v) is 7.72. The van der Waals surface area contributed by atoms with Crippen LogP contribution in [0.2, 0.25) is 0 Å². The van der Waals surface area contributed by atoms with E-state index in [9.17, 15) is 4.79 Å². The van der Waals surface area contributed by atoms with Crippen LogP contribution in [0.5, 0.6) is 0 Å². The minimum Gasteiger partial charge on any atom is -0.349 e. The SMILES string of the molecule is CCn1cnnc1CNC(=O)CCC(CCN)C(C)(C)C. The van der Waals surface area contributed by atoms with Crippen molar-refractivity contribution in [3.8, 4) is 0 Å². The Labute approximate surface area is 127 Å². The Kier molecular flexibility index (Phi) is 6.81. The van der Waals surface area contributed by atoms with E-state index in [1.54, 1.807) is 6.33 Å². The first-order chi connectivity index (χ1) is 9.88. The van der Waals surface area contributed by atoms with Gasteiger partial charge >= 0.3 is 0 Å². The van der Waals surface area contributed by atoms with Crippen LogP contribution < -0.4 is 11.1 Å². The molecule has 0 spiro atoms. The summed E-state index contributed by atoms with van der Waals surface area (Å²) in [6.45, 7) is 10.5. The maximum atomic E-state index is 12.0. The second-order valence-electron chi connectivity index (χ2n) is 6.49. The van der Waals surface area contributed by atoms with Gasteiger partial charge in [-0.2, -0.15) is 0 Å². The number of aryl methyl sites for hydroxylation is 1. The van der Waals surface area contributed by atoms with Crippen LogP contribution in [0.15, 0.2) is 6.33 Å². The van der Waals surface area contributed by atoms with Crippen LogP contribution in [0.25, 0.3) is 0 Å². The predicted octanol–water partition coefficient (Wildman–Crippen LogP) is 1.71. The van der Waals surface area contributed by atoms with Gasteiger partial charge < -0.3 is 15.6 Å². The molecule has 1 aromatic rings. The van der Waals surface area contributed by atoms with Crippen molar-refractivity contribution < 1.29 is 4.79 Å². The van der Waals surface area contributed by atoms with Crippen molar-refractivity contribution in [2.45, 2.75) is 60.0 Å². The van der Waals surface area contributed by atoms with Gasteiger partial charge in [-0.1, -0.05) is 20.8 Å². The highest BCUT2D eigenvalue weighted by Crippen LogP contribution is 2.31. The molecule has 0 bridgehead atoms. The van der Waals surface area contributed by atoms with Gasteiger partial charge in [0.15, 0.2) is 5.82 Å². The number of carbonyl (C=O) groups excluding carboxylic acids is 1. The summed E-state index contributed by atoms with van der Waals surface area (Å²) in [7, 11) is 0. The molecule has 0 saturated heterocycles. The molecule has 6 nitrogen and oxygen atoms in total. The highest BCUT2D eigenvalue weighted by molar-refractivity contribution is 5.75. The summed E-state index contributed by atoms with van der Waals surface area (Å²) in [6, 6.07) is 0. The highest BCUT2D eigenvalue weighted by atomic mass is 16.1. The normalized spacial score (nSPS) is 13.2. The van der Waals surface area contributed by atoms with Crippen molar-refractivity contribution in [3.05, 3.63) is 12.2 Å². The Bertz CT molecular complexity index is 436. The van der Waals surface area contributed by atoms with Crippen LogP contribution in [0.4, 0.5) is 0 Å². The number of rotatable bonds is 8. The first-order valence-electron chi connectivity index (χ1n) is 7.72. The van der Waals surface area contributed by atoms with E-state index in [2.05, 4.69) is 36.3 Å². The fourth-order valence-electron chi connectivity index (χ4n) is 2.46. The largest absolute Gasteiger partial charge is 0.349 e. The molecule has 0 radical (unpaired) electrons. The summed E-state index contributed by atoms with van der Waals surface area (Å²) < 4.78 is 1.92. The third-order valence-electron chi connectivity index (χ3n) is 3.94. The highest BCUT2D eigenvalue weighted by Gasteiger charge is 2.24. The van der Waals surface area contributed by atoms with E-state index in [0.717, 1.165) is 25.2 Å². The van der Waals surface area contributed by atoms with Crippen LogP contribution in [0, 0.1) is 11.3 Å². The van der Waals surface area contributed by atoms with E-state index >= 15 is 0 Å².